The number of anilines is 1. The quantitative estimate of drug-likeness (QED) is 0.113. The Morgan fingerprint density at radius 3 is 2.66 bits per heavy atom. The van der Waals surface area contributed by atoms with Crippen LogP contribution in [0.3, 0.4) is 0 Å². The zero-order valence-corrected chi connectivity index (χ0v) is 29.1. The number of aromatic nitrogens is 3. The second kappa shape index (κ2) is 14.9. The molecule has 230 valence electrons. The van der Waals surface area contributed by atoms with Gasteiger partial charge in [-0.15, -0.1) is 5.10 Å². The number of ether oxygens (including phenoxy) is 3. The fraction of sp³-hybridized carbons (Fsp3) is 0.281. The van der Waals surface area contributed by atoms with Crippen molar-refractivity contribution >= 4 is 67.1 Å². The topological polar surface area (TPSA) is 87.5 Å². The van der Waals surface area contributed by atoms with E-state index in [0.29, 0.717) is 75.4 Å². The predicted octanol–water partition coefficient (Wildman–Crippen LogP) is 8.97. The molecule has 0 spiro atoms. The van der Waals surface area contributed by atoms with E-state index in [0.717, 1.165) is 21.2 Å². The van der Waals surface area contributed by atoms with Crippen LogP contribution in [0.5, 0.6) is 11.5 Å². The van der Waals surface area contributed by atoms with Crippen LogP contribution in [-0.4, -0.2) is 33.9 Å². The number of fused-ring (bicyclic) bond motifs is 1. The Balaban J connectivity index is 1.53. The second-order valence-corrected chi connectivity index (χ2v) is 13.0. The molecule has 0 aliphatic carbocycles. The summed E-state index contributed by atoms with van der Waals surface area (Å²) in [5.74, 6) is 1.80. The minimum absolute atomic E-state index is 0.307. The van der Waals surface area contributed by atoms with Gasteiger partial charge < -0.3 is 19.5 Å². The van der Waals surface area contributed by atoms with Gasteiger partial charge in [0.25, 0.3) is 0 Å². The van der Waals surface area contributed by atoms with E-state index in [1.165, 1.54) is 11.8 Å². The van der Waals surface area contributed by atoms with Crippen LogP contribution in [0.2, 0.25) is 5.02 Å². The summed E-state index contributed by atoms with van der Waals surface area (Å²) in [4.78, 5) is 18.2. The lowest BCUT2D eigenvalue weighted by molar-refractivity contribution is -0.139. The zero-order chi connectivity index (χ0) is 31.2. The molecule has 5 rings (SSSR count). The lowest BCUT2D eigenvalue weighted by atomic mass is 9.95. The van der Waals surface area contributed by atoms with Crippen molar-refractivity contribution in [1.29, 1.82) is 0 Å². The van der Waals surface area contributed by atoms with Crippen LogP contribution in [0.25, 0.3) is 0 Å². The zero-order valence-electron chi connectivity index (χ0n) is 24.4. The molecular weight excluding hydrogens is 732 g/mol. The van der Waals surface area contributed by atoms with Crippen LogP contribution < -0.4 is 14.8 Å². The maximum Gasteiger partial charge on any atom is 0.338 e. The Labute approximate surface area is 282 Å². The van der Waals surface area contributed by atoms with Crippen LogP contribution in [0, 0.1) is 0 Å². The van der Waals surface area contributed by atoms with Gasteiger partial charge in [0, 0.05) is 20.9 Å². The highest BCUT2D eigenvalue weighted by Crippen LogP contribution is 2.44. The van der Waals surface area contributed by atoms with Gasteiger partial charge in [0.2, 0.25) is 11.1 Å². The maximum atomic E-state index is 13.5. The van der Waals surface area contributed by atoms with Crippen LogP contribution in [0.1, 0.15) is 49.9 Å². The smallest absolute Gasteiger partial charge is 0.338 e. The number of thioether (sulfide) groups is 1. The molecule has 3 aromatic carbocycles. The first-order chi connectivity index (χ1) is 21.3. The third-order valence-corrected chi connectivity index (χ3v) is 9.06. The Morgan fingerprint density at radius 1 is 1.09 bits per heavy atom. The molecule has 1 atom stereocenters. The first-order valence-corrected chi connectivity index (χ1v) is 17.0. The molecule has 1 N–H and O–H groups in total. The van der Waals surface area contributed by atoms with Gasteiger partial charge in [-0.3, -0.25) is 0 Å². The minimum atomic E-state index is -0.632. The van der Waals surface area contributed by atoms with Crippen molar-refractivity contribution in [3.8, 4) is 11.5 Å². The van der Waals surface area contributed by atoms with Crippen molar-refractivity contribution in [1.82, 2.24) is 14.8 Å². The van der Waals surface area contributed by atoms with E-state index in [9.17, 15) is 4.79 Å². The molecule has 0 bridgehead atoms. The number of benzene rings is 3. The number of esters is 1. The number of halogens is 3. The Bertz CT molecular complexity index is 1700. The molecule has 1 aliphatic heterocycles. The van der Waals surface area contributed by atoms with Gasteiger partial charge in [-0.05, 0) is 83.2 Å². The molecule has 4 aromatic rings. The number of rotatable bonds is 12. The molecular formula is C32H31Br2ClN4O4S. The summed E-state index contributed by atoms with van der Waals surface area (Å²) in [6, 6.07) is 18.8. The normalized spacial score (nSPS) is 14.2. The lowest BCUT2D eigenvalue weighted by Crippen LogP contribution is -2.30. The van der Waals surface area contributed by atoms with Crippen LogP contribution in [0.4, 0.5) is 5.95 Å². The first-order valence-electron chi connectivity index (χ1n) is 14.1. The van der Waals surface area contributed by atoms with E-state index in [-0.39, 0.29) is 0 Å². The monoisotopic (exact) mass is 760 g/mol. The van der Waals surface area contributed by atoms with Gasteiger partial charge in [-0.25, -0.2) is 9.48 Å². The standard InChI is InChI=1S/C32H31Br2ClN4O4S/c1-4-13-42-30(40)27-19(3)36-31-37-32(44-18-21-10-6-7-12-25(21)35)38-39(31)28(27)22-15-24(34)29(26(16-22)41-5-2)43-17-20-9-8-11-23(33)14-20/h6-12,14-16,28H,4-5,13,17-18H2,1-3H3,(H,36,37,38). The molecule has 1 unspecified atom stereocenters. The third kappa shape index (κ3) is 7.44. The Morgan fingerprint density at radius 2 is 1.91 bits per heavy atom. The molecule has 0 fully saturated rings. The fourth-order valence-corrected chi connectivity index (χ4v) is 6.86. The van der Waals surface area contributed by atoms with Crippen molar-refractivity contribution in [2.24, 2.45) is 0 Å². The van der Waals surface area contributed by atoms with Gasteiger partial charge in [0.1, 0.15) is 12.6 Å². The van der Waals surface area contributed by atoms with Gasteiger partial charge in [-0.1, -0.05) is 76.5 Å². The third-order valence-electron chi connectivity index (χ3n) is 6.72. The highest BCUT2D eigenvalue weighted by Gasteiger charge is 2.36. The summed E-state index contributed by atoms with van der Waals surface area (Å²) < 4.78 is 21.3. The van der Waals surface area contributed by atoms with Crippen LogP contribution in [-0.2, 0) is 21.9 Å². The van der Waals surface area contributed by atoms with Gasteiger partial charge >= 0.3 is 5.97 Å². The van der Waals surface area contributed by atoms with Gasteiger partial charge in [-0.2, -0.15) is 4.98 Å². The van der Waals surface area contributed by atoms with E-state index in [4.69, 9.17) is 35.9 Å². The Kier molecular flexibility index (Phi) is 10.9. The summed E-state index contributed by atoms with van der Waals surface area (Å²) >= 11 is 15.1. The van der Waals surface area contributed by atoms with E-state index in [1.807, 2.05) is 81.4 Å². The summed E-state index contributed by atoms with van der Waals surface area (Å²) in [7, 11) is 0. The summed E-state index contributed by atoms with van der Waals surface area (Å²) in [6.07, 6.45) is 0.706. The maximum absolute atomic E-state index is 13.5. The molecule has 0 saturated heterocycles. The molecule has 0 saturated carbocycles. The fourth-order valence-electron chi connectivity index (χ4n) is 4.73. The highest BCUT2D eigenvalue weighted by atomic mass is 79.9. The van der Waals surface area contributed by atoms with Crippen molar-refractivity contribution in [2.45, 2.75) is 50.8 Å². The molecule has 0 amide bonds. The number of allylic oxidation sites excluding steroid dienone is 1. The van der Waals surface area contributed by atoms with E-state index in [1.54, 1.807) is 4.68 Å². The molecule has 2 heterocycles. The van der Waals surface area contributed by atoms with Crippen LogP contribution in [0.15, 0.2) is 86.0 Å². The number of carbonyl (C=O) groups excluding carboxylic acids is 1. The number of carbonyl (C=O) groups is 1. The largest absolute Gasteiger partial charge is 0.490 e. The van der Waals surface area contributed by atoms with E-state index >= 15 is 0 Å². The van der Waals surface area contributed by atoms with Crippen molar-refractivity contribution in [3.63, 3.8) is 0 Å². The minimum Gasteiger partial charge on any atom is -0.490 e. The number of hydrogen-bond acceptors (Lipinski definition) is 8. The van der Waals surface area contributed by atoms with Gasteiger partial charge in [0.15, 0.2) is 11.5 Å². The average Bonchev–Trinajstić information content (AvgIpc) is 3.40. The molecule has 1 aromatic heterocycles. The van der Waals surface area contributed by atoms with E-state index in [2.05, 4.69) is 37.2 Å². The number of nitrogens with zero attached hydrogens (tertiary/aromatic N) is 3. The lowest BCUT2D eigenvalue weighted by Gasteiger charge is -2.29. The van der Waals surface area contributed by atoms with Gasteiger partial charge in [0.05, 0.1) is 23.3 Å². The average molecular weight is 763 g/mol. The van der Waals surface area contributed by atoms with Crippen molar-refractivity contribution in [3.05, 3.63) is 103 Å². The van der Waals surface area contributed by atoms with E-state index < -0.39 is 12.0 Å². The summed E-state index contributed by atoms with van der Waals surface area (Å²) in [5.41, 5.74) is 3.83. The van der Waals surface area contributed by atoms with Crippen molar-refractivity contribution in [2.75, 3.05) is 18.5 Å². The SMILES string of the molecule is CCCOC(=O)C1=C(C)Nc2nc(SCc3ccccc3Cl)nn2C1c1cc(Br)c(OCc2cccc(Br)c2)c(OCC)c1. The molecule has 1 aliphatic rings. The molecule has 12 heteroatoms. The number of nitrogens with one attached hydrogen (secondary N) is 1. The van der Waals surface area contributed by atoms with Crippen molar-refractivity contribution < 1.29 is 19.0 Å². The molecule has 8 nitrogen and oxygen atoms in total. The highest BCUT2D eigenvalue weighted by molar-refractivity contribution is 9.10. The molecule has 0 radical (unpaired) electrons. The first kappa shape index (κ1) is 32.4. The summed E-state index contributed by atoms with van der Waals surface area (Å²) in [6.45, 7) is 6.80. The Hall–Kier alpha value is -2.99. The second-order valence-electron chi connectivity index (χ2n) is 9.93. The number of hydrogen-bond donors (Lipinski definition) is 1. The molecule has 44 heavy (non-hydrogen) atoms. The van der Waals surface area contributed by atoms with Crippen LogP contribution >= 0.6 is 55.2 Å². The predicted molar refractivity (Wildman–Crippen MR) is 181 cm³/mol. The summed E-state index contributed by atoms with van der Waals surface area (Å²) in [5, 5.41) is 9.34.